The number of ether oxygens (including phenoxy) is 3. The molecule has 0 atom stereocenters. The number of aromatic nitrogens is 2. The smallest absolute Gasteiger partial charge is 0.277 e. The first kappa shape index (κ1) is 24.5. The van der Waals surface area contributed by atoms with E-state index in [1.807, 2.05) is 0 Å². The van der Waals surface area contributed by atoms with Crippen molar-refractivity contribution in [3.05, 3.63) is 66.7 Å². The quantitative estimate of drug-likeness (QED) is 0.299. The molecule has 0 spiro atoms. The molecule has 3 aromatic carbocycles. The summed E-state index contributed by atoms with van der Waals surface area (Å²) in [5, 5.41) is 11.0. The third-order valence-electron chi connectivity index (χ3n) is 5.14. The second kappa shape index (κ2) is 10.4. The summed E-state index contributed by atoms with van der Waals surface area (Å²) in [6.07, 6.45) is 0. The van der Waals surface area contributed by atoms with Gasteiger partial charge in [0.15, 0.2) is 11.5 Å². The molecule has 1 aliphatic rings. The maximum Gasteiger partial charge on any atom is 0.277 e. The molecule has 11 nitrogen and oxygen atoms in total. The summed E-state index contributed by atoms with van der Waals surface area (Å²) >= 11 is 1.09. The van der Waals surface area contributed by atoms with Crippen LogP contribution in [0.15, 0.2) is 81.3 Å². The average Bonchev–Trinajstić information content (AvgIpc) is 3.57. The number of carbonyl (C=O) groups excluding carboxylic acids is 1. The number of hydrogen-bond donors (Lipinski definition) is 2. The van der Waals surface area contributed by atoms with E-state index in [0.717, 1.165) is 11.8 Å². The average molecular weight is 541 g/mol. The van der Waals surface area contributed by atoms with Gasteiger partial charge in [0.25, 0.3) is 15.2 Å². The summed E-state index contributed by atoms with van der Waals surface area (Å²) in [5.41, 5.74) is 1.55. The number of nitrogens with one attached hydrogen (secondary N) is 2. The Kier molecular flexibility index (Phi) is 6.88. The van der Waals surface area contributed by atoms with Crippen LogP contribution in [0.25, 0.3) is 11.5 Å². The largest absolute Gasteiger partial charge is 0.497 e. The van der Waals surface area contributed by atoms with Crippen LogP contribution in [0.3, 0.4) is 0 Å². The summed E-state index contributed by atoms with van der Waals surface area (Å²) in [7, 11) is -2.26. The van der Waals surface area contributed by atoms with E-state index in [9.17, 15) is 13.2 Å². The number of anilines is 2. The number of carbonyl (C=O) groups is 1. The Morgan fingerprint density at radius 1 is 0.973 bits per heavy atom. The normalized spacial score (nSPS) is 12.2. The lowest BCUT2D eigenvalue weighted by molar-refractivity contribution is -0.113. The fraction of sp³-hybridized carbons (Fsp3) is 0.125. The number of rotatable bonds is 9. The number of benzene rings is 3. The third-order valence-corrected chi connectivity index (χ3v) is 7.36. The third kappa shape index (κ3) is 5.78. The Hall–Kier alpha value is -4.23. The van der Waals surface area contributed by atoms with Gasteiger partial charge in [0, 0.05) is 23.0 Å². The van der Waals surface area contributed by atoms with Crippen LogP contribution < -0.4 is 24.2 Å². The van der Waals surface area contributed by atoms with Crippen molar-refractivity contribution < 1.29 is 31.8 Å². The number of methoxy groups -OCH3 is 1. The number of fused-ring (bicyclic) bond motifs is 1. The summed E-state index contributed by atoms with van der Waals surface area (Å²) in [6, 6.07) is 17.7. The topological polar surface area (TPSA) is 142 Å². The Morgan fingerprint density at radius 3 is 2.46 bits per heavy atom. The molecule has 1 amide bonds. The van der Waals surface area contributed by atoms with Crippen LogP contribution >= 0.6 is 11.8 Å². The molecule has 0 radical (unpaired) electrons. The minimum absolute atomic E-state index is 0.0577. The van der Waals surface area contributed by atoms with Crippen LogP contribution in [0.4, 0.5) is 11.4 Å². The highest BCUT2D eigenvalue weighted by molar-refractivity contribution is 7.99. The molecule has 4 aromatic rings. The standard InChI is InChI=1S/C24H20N4O7S2/c1-32-18-7-9-19(10-8-18)37(30,31)28-16-4-2-15(3-5-16)23-26-27-24(35-23)36-13-22(29)25-17-6-11-20-21(12-17)34-14-33-20/h2-12,28H,13-14H2,1H3,(H,25,29). The van der Waals surface area contributed by atoms with Crippen LogP contribution in [0, 0.1) is 0 Å². The number of amides is 1. The fourth-order valence-electron chi connectivity index (χ4n) is 3.33. The van der Waals surface area contributed by atoms with Crippen molar-refractivity contribution in [3.8, 4) is 28.7 Å². The van der Waals surface area contributed by atoms with Crippen molar-refractivity contribution in [1.29, 1.82) is 0 Å². The molecule has 5 rings (SSSR count). The van der Waals surface area contributed by atoms with Gasteiger partial charge in [-0.1, -0.05) is 11.8 Å². The van der Waals surface area contributed by atoms with Gasteiger partial charge in [-0.25, -0.2) is 8.42 Å². The first-order valence-corrected chi connectivity index (χ1v) is 13.3. The van der Waals surface area contributed by atoms with Gasteiger partial charge < -0.3 is 23.9 Å². The number of hydrogen-bond acceptors (Lipinski definition) is 10. The van der Waals surface area contributed by atoms with Crippen LogP contribution in [0.1, 0.15) is 0 Å². The number of sulfonamides is 1. The zero-order valence-corrected chi connectivity index (χ0v) is 21.0. The monoisotopic (exact) mass is 540 g/mol. The van der Waals surface area contributed by atoms with Crippen molar-refractivity contribution in [2.24, 2.45) is 0 Å². The van der Waals surface area contributed by atoms with Crippen LogP contribution in [0.2, 0.25) is 0 Å². The lowest BCUT2D eigenvalue weighted by Gasteiger charge is -2.09. The van der Waals surface area contributed by atoms with E-state index in [1.165, 1.54) is 19.2 Å². The predicted octanol–water partition coefficient (Wildman–Crippen LogP) is 4.01. The van der Waals surface area contributed by atoms with E-state index < -0.39 is 10.0 Å². The van der Waals surface area contributed by atoms with Gasteiger partial charge in [0.1, 0.15) is 5.75 Å². The van der Waals surface area contributed by atoms with Gasteiger partial charge in [-0.3, -0.25) is 9.52 Å². The number of nitrogens with zero attached hydrogens (tertiary/aromatic N) is 2. The van der Waals surface area contributed by atoms with E-state index >= 15 is 0 Å². The Morgan fingerprint density at radius 2 is 1.70 bits per heavy atom. The highest BCUT2D eigenvalue weighted by Crippen LogP contribution is 2.34. The highest BCUT2D eigenvalue weighted by atomic mass is 32.2. The fourth-order valence-corrected chi connectivity index (χ4v) is 4.95. The summed E-state index contributed by atoms with van der Waals surface area (Å²) in [6.45, 7) is 0.157. The summed E-state index contributed by atoms with van der Waals surface area (Å²) in [4.78, 5) is 12.4. The van der Waals surface area contributed by atoms with E-state index in [-0.39, 0.29) is 34.5 Å². The summed E-state index contributed by atoms with van der Waals surface area (Å²) < 4.78 is 49.0. The maximum atomic E-state index is 12.6. The second-order valence-electron chi connectivity index (χ2n) is 7.64. The van der Waals surface area contributed by atoms with E-state index in [2.05, 4.69) is 20.2 Å². The zero-order valence-electron chi connectivity index (χ0n) is 19.3. The molecule has 2 N–H and O–H groups in total. The molecule has 0 aliphatic carbocycles. The molecule has 37 heavy (non-hydrogen) atoms. The van der Waals surface area contributed by atoms with Crippen molar-refractivity contribution in [3.63, 3.8) is 0 Å². The lowest BCUT2D eigenvalue weighted by atomic mass is 10.2. The SMILES string of the molecule is COc1ccc(S(=O)(=O)Nc2ccc(-c3nnc(SCC(=O)Nc4ccc5c(c4)OCO5)o3)cc2)cc1. The minimum atomic E-state index is -3.76. The Bertz CT molecular complexity index is 1520. The van der Waals surface area contributed by atoms with E-state index in [1.54, 1.807) is 54.6 Å². The van der Waals surface area contributed by atoms with Gasteiger partial charge >= 0.3 is 0 Å². The molecular weight excluding hydrogens is 520 g/mol. The van der Waals surface area contributed by atoms with Crippen LogP contribution in [-0.2, 0) is 14.8 Å². The zero-order chi connectivity index (χ0) is 25.8. The van der Waals surface area contributed by atoms with Crippen molar-refractivity contribution in [2.75, 3.05) is 29.7 Å². The molecule has 0 saturated carbocycles. The molecule has 0 fully saturated rings. The van der Waals surface area contributed by atoms with Gasteiger partial charge in [0.2, 0.25) is 18.6 Å². The van der Waals surface area contributed by atoms with E-state index in [0.29, 0.717) is 34.2 Å². The molecular formula is C24H20N4O7S2. The van der Waals surface area contributed by atoms with Crippen LogP contribution in [0.5, 0.6) is 17.2 Å². The first-order chi connectivity index (χ1) is 17.9. The van der Waals surface area contributed by atoms with Crippen LogP contribution in [-0.4, -0.2) is 44.2 Å². The number of thioether (sulfide) groups is 1. The minimum Gasteiger partial charge on any atom is -0.497 e. The highest BCUT2D eigenvalue weighted by Gasteiger charge is 2.17. The predicted molar refractivity (Wildman–Crippen MR) is 135 cm³/mol. The van der Waals surface area contributed by atoms with E-state index in [4.69, 9.17) is 18.6 Å². The summed E-state index contributed by atoms with van der Waals surface area (Å²) in [5.74, 6) is 1.81. The van der Waals surface area contributed by atoms with Gasteiger partial charge in [-0.15, -0.1) is 10.2 Å². The molecule has 2 heterocycles. The van der Waals surface area contributed by atoms with Gasteiger partial charge in [-0.2, -0.15) is 0 Å². The molecule has 190 valence electrons. The second-order valence-corrected chi connectivity index (χ2v) is 10.2. The van der Waals surface area contributed by atoms with Crippen molar-refractivity contribution >= 4 is 39.1 Å². The maximum absolute atomic E-state index is 12.6. The molecule has 1 aliphatic heterocycles. The lowest BCUT2D eigenvalue weighted by Crippen LogP contribution is -2.13. The van der Waals surface area contributed by atoms with Gasteiger partial charge in [-0.05, 0) is 60.7 Å². The Balaban J connectivity index is 1.16. The van der Waals surface area contributed by atoms with Crippen molar-refractivity contribution in [2.45, 2.75) is 10.1 Å². The molecule has 0 saturated heterocycles. The molecule has 13 heteroatoms. The first-order valence-electron chi connectivity index (χ1n) is 10.8. The molecule has 0 unspecified atom stereocenters. The Labute approximate surface area is 216 Å². The molecule has 0 bridgehead atoms. The molecule has 1 aromatic heterocycles. The van der Waals surface area contributed by atoms with Gasteiger partial charge in [0.05, 0.1) is 17.8 Å². The van der Waals surface area contributed by atoms with Crippen molar-refractivity contribution in [1.82, 2.24) is 10.2 Å².